The van der Waals surface area contributed by atoms with E-state index >= 15 is 0 Å². The molecule has 1 saturated carbocycles. The van der Waals surface area contributed by atoms with Crippen LogP contribution in [0.5, 0.6) is 0 Å². The summed E-state index contributed by atoms with van der Waals surface area (Å²) in [6, 6.07) is 11.3. The Kier molecular flexibility index (Phi) is 5.02. The Morgan fingerprint density at radius 1 is 1.12 bits per heavy atom. The molecule has 0 amide bonds. The minimum absolute atomic E-state index is 0.650. The van der Waals surface area contributed by atoms with Crippen LogP contribution in [0.25, 0.3) is 0 Å². The average molecular weight is 232 g/mol. The minimum atomic E-state index is 0.650. The Hall–Kier alpha value is -0.860. The van der Waals surface area contributed by atoms with Gasteiger partial charge in [-0.2, -0.15) is 0 Å². The van der Waals surface area contributed by atoms with Crippen molar-refractivity contribution in [2.75, 3.05) is 13.1 Å². The van der Waals surface area contributed by atoms with E-state index in [9.17, 15) is 0 Å². The summed E-state index contributed by atoms with van der Waals surface area (Å²) in [6.45, 7) is 1.91. The molecule has 0 bridgehead atoms. The van der Waals surface area contributed by atoms with Gasteiger partial charge in [0.05, 0.1) is 0 Å². The molecule has 0 saturated heterocycles. The summed E-state index contributed by atoms with van der Waals surface area (Å²) >= 11 is 0. The van der Waals surface area contributed by atoms with Gasteiger partial charge in [0.25, 0.3) is 0 Å². The largest absolute Gasteiger partial charge is 0.330 e. The third kappa shape index (κ3) is 3.83. The predicted molar refractivity (Wildman–Crippen MR) is 72.9 cm³/mol. The SMILES string of the molecule is NCC1CCCCC1NCCc1ccccc1. The molecular formula is C15H24N2. The zero-order valence-corrected chi connectivity index (χ0v) is 10.6. The van der Waals surface area contributed by atoms with E-state index in [4.69, 9.17) is 5.73 Å². The summed E-state index contributed by atoms with van der Waals surface area (Å²) in [4.78, 5) is 0. The fourth-order valence-electron chi connectivity index (χ4n) is 2.81. The van der Waals surface area contributed by atoms with Gasteiger partial charge < -0.3 is 11.1 Å². The van der Waals surface area contributed by atoms with Gasteiger partial charge in [0.1, 0.15) is 0 Å². The number of nitrogens with two attached hydrogens (primary N) is 1. The number of rotatable bonds is 5. The van der Waals surface area contributed by atoms with E-state index in [0.717, 1.165) is 19.5 Å². The lowest BCUT2D eigenvalue weighted by Gasteiger charge is -2.31. The molecule has 0 radical (unpaired) electrons. The standard InChI is InChI=1S/C15H24N2/c16-12-14-8-4-5-9-15(14)17-11-10-13-6-2-1-3-7-13/h1-3,6-7,14-15,17H,4-5,8-12,16H2. The van der Waals surface area contributed by atoms with E-state index in [1.54, 1.807) is 0 Å². The van der Waals surface area contributed by atoms with Gasteiger partial charge in [-0.3, -0.25) is 0 Å². The zero-order chi connectivity index (χ0) is 11.9. The highest BCUT2D eigenvalue weighted by molar-refractivity contribution is 5.14. The van der Waals surface area contributed by atoms with Crippen LogP contribution >= 0.6 is 0 Å². The normalized spacial score (nSPS) is 24.8. The molecule has 0 spiro atoms. The molecule has 0 aliphatic heterocycles. The lowest BCUT2D eigenvalue weighted by atomic mass is 9.84. The van der Waals surface area contributed by atoms with Crippen LogP contribution in [-0.4, -0.2) is 19.1 Å². The van der Waals surface area contributed by atoms with E-state index in [1.807, 2.05) is 0 Å². The van der Waals surface area contributed by atoms with Gasteiger partial charge in [-0.15, -0.1) is 0 Å². The number of hydrogen-bond donors (Lipinski definition) is 2. The summed E-state index contributed by atoms with van der Waals surface area (Å²) in [6.07, 6.45) is 6.45. The molecule has 1 aliphatic rings. The Labute approximate surface area is 105 Å². The van der Waals surface area contributed by atoms with Crippen molar-refractivity contribution in [2.45, 2.75) is 38.1 Å². The molecule has 1 aromatic carbocycles. The van der Waals surface area contributed by atoms with Crippen LogP contribution in [0.2, 0.25) is 0 Å². The molecule has 1 fully saturated rings. The predicted octanol–water partition coefficient (Wildman–Crippen LogP) is 2.34. The highest BCUT2D eigenvalue weighted by Crippen LogP contribution is 2.23. The average Bonchev–Trinajstić information content (AvgIpc) is 2.40. The van der Waals surface area contributed by atoms with E-state index < -0.39 is 0 Å². The fourth-order valence-corrected chi connectivity index (χ4v) is 2.81. The molecule has 3 N–H and O–H groups in total. The third-order valence-corrected chi connectivity index (χ3v) is 3.87. The summed E-state index contributed by atoms with van der Waals surface area (Å²) in [5, 5.41) is 3.69. The second kappa shape index (κ2) is 6.77. The molecule has 2 heteroatoms. The van der Waals surface area contributed by atoms with E-state index in [2.05, 4.69) is 35.6 Å². The molecular weight excluding hydrogens is 208 g/mol. The van der Waals surface area contributed by atoms with Crippen molar-refractivity contribution >= 4 is 0 Å². The van der Waals surface area contributed by atoms with Crippen LogP contribution < -0.4 is 11.1 Å². The lowest BCUT2D eigenvalue weighted by Crippen LogP contribution is -2.42. The third-order valence-electron chi connectivity index (χ3n) is 3.87. The number of benzene rings is 1. The highest BCUT2D eigenvalue weighted by Gasteiger charge is 2.22. The van der Waals surface area contributed by atoms with Gasteiger partial charge in [0.2, 0.25) is 0 Å². The Balaban J connectivity index is 1.74. The van der Waals surface area contributed by atoms with Crippen molar-refractivity contribution < 1.29 is 0 Å². The van der Waals surface area contributed by atoms with Crippen LogP contribution in [0.3, 0.4) is 0 Å². The topological polar surface area (TPSA) is 38.0 Å². The van der Waals surface area contributed by atoms with Crippen molar-refractivity contribution in [2.24, 2.45) is 11.7 Å². The molecule has 1 aromatic rings. The van der Waals surface area contributed by atoms with E-state index in [-0.39, 0.29) is 0 Å². The second-order valence-corrected chi connectivity index (χ2v) is 5.08. The maximum atomic E-state index is 5.84. The maximum absolute atomic E-state index is 5.84. The van der Waals surface area contributed by atoms with Crippen LogP contribution in [0.4, 0.5) is 0 Å². The minimum Gasteiger partial charge on any atom is -0.330 e. The van der Waals surface area contributed by atoms with Gasteiger partial charge in [-0.25, -0.2) is 0 Å². The summed E-state index contributed by atoms with van der Waals surface area (Å²) in [5.41, 5.74) is 7.25. The molecule has 2 rings (SSSR count). The fraction of sp³-hybridized carbons (Fsp3) is 0.600. The van der Waals surface area contributed by atoms with Gasteiger partial charge in [-0.05, 0) is 43.8 Å². The molecule has 2 atom stereocenters. The van der Waals surface area contributed by atoms with Gasteiger partial charge >= 0.3 is 0 Å². The van der Waals surface area contributed by atoms with Crippen molar-refractivity contribution in [3.8, 4) is 0 Å². The first kappa shape index (κ1) is 12.6. The van der Waals surface area contributed by atoms with Crippen LogP contribution in [0, 0.1) is 5.92 Å². The van der Waals surface area contributed by atoms with Gasteiger partial charge in [-0.1, -0.05) is 43.2 Å². The number of hydrogen-bond acceptors (Lipinski definition) is 2. The Morgan fingerprint density at radius 3 is 2.65 bits per heavy atom. The second-order valence-electron chi connectivity index (χ2n) is 5.08. The van der Waals surface area contributed by atoms with Gasteiger partial charge in [0.15, 0.2) is 0 Å². The molecule has 0 heterocycles. The lowest BCUT2D eigenvalue weighted by molar-refractivity contribution is 0.269. The van der Waals surface area contributed by atoms with Crippen molar-refractivity contribution in [1.29, 1.82) is 0 Å². The van der Waals surface area contributed by atoms with Crippen LogP contribution in [0.1, 0.15) is 31.2 Å². The highest BCUT2D eigenvalue weighted by atomic mass is 14.9. The summed E-state index contributed by atoms with van der Waals surface area (Å²) < 4.78 is 0. The first-order chi connectivity index (χ1) is 8.40. The summed E-state index contributed by atoms with van der Waals surface area (Å²) in [5.74, 6) is 0.694. The monoisotopic (exact) mass is 232 g/mol. The maximum Gasteiger partial charge on any atom is 0.0107 e. The van der Waals surface area contributed by atoms with Gasteiger partial charge in [0, 0.05) is 6.04 Å². The molecule has 94 valence electrons. The Morgan fingerprint density at radius 2 is 1.88 bits per heavy atom. The molecule has 17 heavy (non-hydrogen) atoms. The van der Waals surface area contributed by atoms with Crippen LogP contribution in [0.15, 0.2) is 30.3 Å². The molecule has 2 unspecified atom stereocenters. The first-order valence-corrected chi connectivity index (χ1v) is 6.87. The number of nitrogens with one attached hydrogen (secondary N) is 1. The summed E-state index contributed by atoms with van der Waals surface area (Å²) in [7, 11) is 0. The van der Waals surface area contributed by atoms with E-state index in [0.29, 0.717) is 12.0 Å². The first-order valence-electron chi connectivity index (χ1n) is 6.87. The van der Waals surface area contributed by atoms with Crippen molar-refractivity contribution in [3.05, 3.63) is 35.9 Å². The Bertz CT molecular complexity index is 310. The van der Waals surface area contributed by atoms with Crippen molar-refractivity contribution in [3.63, 3.8) is 0 Å². The van der Waals surface area contributed by atoms with Crippen LogP contribution in [-0.2, 0) is 6.42 Å². The van der Waals surface area contributed by atoms with E-state index in [1.165, 1.54) is 31.2 Å². The molecule has 1 aliphatic carbocycles. The molecule has 2 nitrogen and oxygen atoms in total. The smallest absolute Gasteiger partial charge is 0.0107 e. The quantitative estimate of drug-likeness (QED) is 0.817. The van der Waals surface area contributed by atoms with Crippen molar-refractivity contribution in [1.82, 2.24) is 5.32 Å². The molecule has 0 aromatic heterocycles. The zero-order valence-electron chi connectivity index (χ0n) is 10.6.